The molecule has 8 heteroatoms. The van der Waals surface area contributed by atoms with Gasteiger partial charge in [-0.05, 0) is 38.3 Å². The van der Waals surface area contributed by atoms with E-state index in [-0.39, 0.29) is 31.0 Å². The summed E-state index contributed by atoms with van der Waals surface area (Å²) in [6, 6.07) is 8.36. The van der Waals surface area contributed by atoms with E-state index in [2.05, 4.69) is 38.1 Å². The molecule has 0 heterocycles. The fourth-order valence-electron chi connectivity index (χ4n) is 1.19. The second kappa shape index (κ2) is 9.65. The molecule has 0 aliphatic rings. The Hall–Kier alpha value is -0.323. The molecular weight excluding hydrogens is 307 g/mol. The Balaban J connectivity index is 0. The molecule has 116 valence electrons. The van der Waals surface area contributed by atoms with E-state index in [1.807, 2.05) is 0 Å². The molecular formula is C13H21LiO5S2. The first-order valence-electron chi connectivity index (χ1n) is 6.08. The van der Waals surface area contributed by atoms with Crippen molar-refractivity contribution in [1.82, 2.24) is 0 Å². The SMILES string of the molecule is CC(CCS(C)(=O)=O)S(=O)(=O)[O-].Cc1ccccc1C.[Li+]. The summed E-state index contributed by atoms with van der Waals surface area (Å²) in [4.78, 5) is 0. The van der Waals surface area contributed by atoms with Gasteiger partial charge in [0, 0.05) is 11.5 Å². The van der Waals surface area contributed by atoms with Crippen molar-refractivity contribution in [2.24, 2.45) is 0 Å². The molecule has 1 aromatic rings. The normalized spacial score (nSPS) is 12.6. The number of hydrogen-bond acceptors (Lipinski definition) is 5. The van der Waals surface area contributed by atoms with Crippen LogP contribution in [0.5, 0.6) is 0 Å². The Labute approximate surface area is 140 Å². The fourth-order valence-corrected chi connectivity index (χ4v) is 2.52. The van der Waals surface area contributed by atoms with Crippen LogP contribution in [0.3, 0.4) is 0 Å². The summed E-state index contributed by atoms with van der Waals surface area (Å²) in [7, 11) is -7.52. The minimum absolute atomic E-state index is 0. The van der Waals surface area contributed by atoms with Crippen LogP contribution in [0.2, 0.25) is 0 Å². The van der Waals surface area contributed by atoms with Crippen LogP contribution in [0.25, 0.3) is 0 Å². The molecule has 0 N–H and O–H groups in total. The molecule has 0 aliphatic heterocycles. The first-order valence-corrected chi connectivity index (χ1v) is 9.61. The molecule has 0 spiro atoms. The Bertz CT molecular complexity index is 603. The third kappa shape index (κ3) is 12.0. The summed E-state index contributed by atoms with van der Waals surface area (Å²) in [6.07, 6.45) is 0.863. The third-order valence-corrected chi connectivity index (χ3v) is 5.01. The summed E-state index contributed by atoms with van der Waals surface area (Å²) in [5, 5.41) is -1.13. The van der Waals surface area contributed by atoms with E-state index in [0.29, 0.717) is 0 Å². The van der Waals surface area contributed by atoms with E-state index in [4.69, 9.17) is 0 Å². The van der Waals surface area contributed by atoms with Crippen LogP contribution < -0.4 is 18.9 Å². The molecule has 21 heavy (non-hydrogen) atoms. The van der Waals surface area contributed by atoms with Crippen molar-refractivity contribution >= 4 is 20.0 Å². The van der Waals surface area contributed by atoms with Crippen molar-refractivity contribution in [2.45, 2.75) is 32.4 Å². The predicted molar refractivity (Wildman–Crippen MR) is 79.4 cm³/mol. The van der Waals surface area contributed by atoms with Crippen LogP contribution in [-0.2, 0) is 20.0 Å². The Kier molecular flexibility index (Phi) is 10.5. The molecule has 0 amide bonds. The first-order chi connectivity index (χ1) is 8.93. The van der Waals surface area contributed by atoms with Gasteiger partial charge >= 0.3 is 18.9 Å². The van der Waals surface area contributed by atoms with Gasteiger partial charge in [0.05, 0.1) is 15.9 Å². The molecule has 1 atom stereocenters. The van der Waals surface area contributed by atoms with Gasteiger partial charge < -0.3 is 4.55 Å². The molecule has 1 unspecified atom stereocenters. The van der Waals surface area contributed by atoms with E-state index >= 15 is 0 Å². The maximum atomic E-state index is 10.6. The van der Waals surface area contributed by atoms with Crippen molar-refractivity contribution in [3.8, 4) is 0 Å². The Morgan fingerprint density at radius 2 is 1.43 bits per heavy atom. The maximum absolute atomic E-state index is 10.6. The Morgan fingerprint density at radius 1 is 1.05 bits per heavy atom. The van der Waals surface area contributed by atoms with Gasteiger partial charge in [0.2, 0.25) is 0 Å². The number of hydrogen-bond donors (Lipinski definition) is 0. The topological polar surface area (TPSA) is 91.3 Å². The molecule has 0 saturated carbocycles. The van der Waals surface area contributed by atoms with Crippen LogP contribution in [0.4, 0.5) is 0 Å². The Morgan fingerprint density at radius 3 is 1.67 bits per heavy atom. The van der Waals surface area contributed by atoms with Gasteiger partial charge in [0.1, 0.15) is 9.84 Å². The summed E-state index contributed by atoms with van der Waals surface area (Å²) in [5.74, 6) is -0.268. The first kappa shape index (κ1) is 23.0. The summed E-state index contributed by atoms with van der Waals surface area (Å²) in [5.41, 5.74) is 2.74. The smallest absolute Gasteiger partial charge is 0.748 e. The summed E-state index contributed by atoms with van der Waals surface area (Å²) < 4.78 is 52.0. The van der Waals surface area contributed by atoms with Gasteiger partial charge in [-0.2, -0.15) is 0 Å². The van der Waals surface area contributed by atoms with Crippen molar-refractivity contribution in [1.29, 1.82) is 0 Å². The minimum Gasteiger partial charge on any atom is -0.748 e. The second-order valence-electron chi connectivity index (χ2n) is 4.81. The number of sulfone groups is 1. The van der Waals surface area contributed by atoms with Gasteiger partial charge in [-0.3, -0.25) is 0 Å². The second-order valence-corrected chi connectivity index (χ2v) is 8.86. The van der Waals surface area contributed by atoms with Gasteiger partial charge in [-0.15, -0.1) is 0 Å². The molecule has 0 aromatic heterocycles. The number of aryl methyl sites for hydroxylation is 2. The van der Waals surface area contributed by atoms with E-state index in [1.165, 1.54) is 18.1 Å². The molecule has 1 aromatic carbocycles. The average Bonchev–Trinajstić information content (AvgIpc) is 2.28. The van der Waals surface area contributed by atoms with E-state index in [1.54, 1.807) is 0 Å². The van der Waals surface area contributed by atoms with E-state index in [9.17, 15) is 21.4 Å². The van der Waals surface area contributed by atoms with E-state index < -0.39 is 25.2 Å². The monoisotopic (exact) mass is 328 g/mol. The third-order valence-electron chi connectivity index (χ3n) is 2.81. The summed E-state index contributed by atoms with van der Waals surface area (Å²) >= 11 is 0. The van der Waals surface area contributed by atoms with Crippen molar-refractivity contribution < 1.29 is 40.2 Å². The van der Waals surface area contributed by atoms with Crippen LogP contribution in [0, 0.1) is 13.8 Å². The van der Waals surface area contributed by atoms with Gasteiger partial charge in [-0.25, -0.2) is 16.8 Å². The summed E-state index contributed by atoms with van der Waals surface area (Å²) in [6.45, 7) is 5.44. The molecule has 0 aliphatic carbocycles. The van der Waals surface area contributed by atoms with Gasteiger partial charge in [-0.1, -0.05) is 24.3 Å². The zero-order chi connectivity index (χ0) is 16.0. The van der Waals surface area contributed by atoms with Crippen LogP contribution in [0.1, 0.15) is 24.5 Å². The number of benzene rings is 1. The van der Waals surface area contributed by atoms with Crippen molar-refractivity contribution in [3.63, 3.8) is 0 Å². The fraction of sp³-hybridized carbons (Fsp3) is 0.538. The predicted octanol–water partition coefficient (Wildman–Crippen LogP) is -1.34. The van der Waals surface area contributed by atoms with Crippen molar-refractivity contribution in [2.75, 3.05) is 12.0 Å². The number of rotatable bonds is 4. The van der Waals surface area contributed by atoms with Crippen LogP contribution in [0.15, 0.2) is 24.3 Å². The van der Waals surface area contributed by atoms with E-state index in [0.717, 1.165) is 6.26 Å². The van der Waals surface area contributed by atoms with Crippen molar-refractivity contribution in [3.05, 3.63) is 35.4 Å². The zero-order valence-corrected chi connectivity index (χ0v) is 14.8. The van der Waals surface area contributed by atoms with Crippen LogP contribution in [-0.4, -0.2) is 38.6 Å². The van der Waals surface area contributed by atoms with Crippen LogP contribution >= 0.6 is 0 Å². The molecule has 0 radical (unpaired) electrons. The maximum Gasteiger partial charge on any atom is 1.00 e. The molecule has 0 saturated heterocycles. The zero-order valence-electron chi connectivity index (χ0n) is 13.2. The largest absolute Gasteiger partial charge is 1.00 e. The average molecular weight is 328 g/mol. The van der Waals surface area contributed by atoms with Gasteiger partial charge in [0.25, 0.3) is 0 Å². The quantitative estimate of drug-likeness (QED) is 0.504. The molecule has 0 bridgehead atoms. The minimum atomic E-state index is -4.34. The molecule has 1 rings (SSSR count). The van der Waals surface area contributed by atoms with Gasteiger partial charge in [0.15, 0.2) is 0 Å². The molecule has 5 nitrogen and oxygen atoms in total. The standard InChI is InChI=1S/C8H10.C5H12O5S2.Li/c1-7-5-3-4-6-8(7)2;1-5(12(8,9)10)3-4-11(2,6)7;/h3-6H,1-2H3;5H,3-4H2,1-2H3,(H,8,9,10);/q;;+1/p-1. The molecule has 0 fully saturated rings.